The number of hydrogen-bond acceptors (Lipinski definition) is 5. The Kier molecular flexibility index (Phi) is 3.83. The van der Waals surface area contributed by atoms with Gasteiger partial charge in [-0.1, -0.05) is 0 Å². The first-order chi connectivity index (χ1) is 12.6. The molecule has 0 unspecified atom stereocenters. The van der Waals surface area contributed by atoms with Gasteiger partial charge in [-0.15, -0.1) is 0 Å². The number of nitrogens with one attached hydrogen (secondary N) is 2. The summed E-state index contributed by atoms with van der Waals surface area (Å²) >= 11 is 0. The van der Waals surface area contributed by atoms with Gasteiger partial charge >= 0.3 is 0 Å². The normalized spacial score (nSPS) is 17.8. The molecule has 26 heavy (non-hydrogen) atoms. The highest BCUT2D eigenvalue weighted by Gasteiger charge is 2.53. The van der Waals surface area contributed by atoms with Crippen molar-refractivity contribution in [2.45, 2.75) is 24.9 Å². The molecule has 0 radical (unpaired) electrons. The van der Waals surface area contributed by atoms with Crippen LogP contribution in [0.2, 0.25) is 0 Å². The van der Waals surface area contributed by atoms with E-state index in [1.54, 1.807) is 13.1 Å². The van der Waals surface area contributed by atoms with Gasteiger partial charge in [0.2, 0.25) is 5.76 Å². The van der Waals surface area contributed by atoms with Gasteiger partial charge in [0, 0.05) is 22.2 Å². The van der Waals surface area contributed by atoms with Crippen LogP contribution in [-0.2, 0) is 19.2 Å². The average Bonchev–Trinajstić information content (AvgIpc) is 3.19. The summed E-state index contributed by atoms with van der Waals surface area (Å²) < 4.78 is 11.1. The summed E-state index contributed by atoms with van der Waals surface area (Å²) in [7, 11) is 2.95. The van der Waals surface area contributed by atoms with Crippen molar-refractivity contribution in [2.24, 2.45) is 0 Å². The maximum absolute atomic E-state index is 12.5. The van der Waals surface area contributed by atoms with Gasteiger partial charge in [0.25, 0.3) is 5.91 Å². The molecule has 1 amide bonds. The Hall–Kier alpha value is -3.02. The third-order valence-electron chi connectivity index (χ3n) is 5.00. The molecule has 7 heteroatoms. The summed E-state index contributed by atoms with van der Waals surface area (Å²) in [5, 5.41) is 0.941. The molecule has 2 aliphatic rings. The summed E-state index contributed by atoms with van der Waals surface area (Å²) in [5.41, 5.74) is 4.09. The van der Waals surface area contributed by atoms with E-state index >= 15 is 0 Å². The van der Waals surface area contributed by atoms with Gasteiger partial charge in [0.1, 0.15) is 16.9 Å². The Morgan fingerprint density at radius 1 is 1.31 bits per heavy atom. The van der Waals surface area contributed by atoms with Crippen LogP contribution in [-0.4, -0.2) is 36.7 Å². The van der Waals surface area contributed by atoms with Gasteiger partial charge in [-0.25, -0.2) is 10.3 Å². The quantitative estimate of drug-likeness (QED) is 0.649. The second kappa shape index (κ2) is 6.05. The molecule has 0 bridgehead atoms. The van der Waals surface area contributed by atoms with Gasteiger partial charge in [0.15, 0.2) is 5.94 Å². The standard InChI is InChI=1S/C19H18N2O5/c1-24-12-4-5-13-11(8-12)9-14(20-13)17-16(18(23)21-25-2)15(10-22)26-19(17)6-3-7-19/h4-5,8-9,20H,3,6-7H2,1-2H3,(H,21,23). The van der Waals surface area contributed by atoms with Gasteiger partial charge in [0.05, 0.1) is 14.2 Å². The molecule has 0 saturated heterocycles. The first-order valence-electron chi connectivity index (χ1n) is 8.31. The Labute approximate surface area is 149 Å². The second-order valence-electron chi connectivity index (χ2n) is 6.40. The highest BCUT2D eigenvalue weighted by Crippen LogP contribution is 2.54. The lowest BCUT2D eigenvalue weighted by Crippen LogP contribution is -2.38. The molecule has 1 aromatic carbocycles. The molecule has 1 aliphatic carbocycles. The largest absolute Gasteiger partial charge is 0.497 e. The number of H-pyrrole nitrogens is 1. The number of hydroxylamine groups is 1. The zero-order chi connectivity index (χ0) is 18.3. The molecule has 1 fully saturated rings. The molecular weight excluding hydrogens is 336 g/mol. The summed E-state index contributed by atoms with van der Waals surface area (Å²) in [4.78, 5) is 32.0. The van der Waals surface area contributed by atoms with E-state index in [0.29, 0.717) is 5.57 Å². The first kappa shape index (κ1) is 16.4. The highest BCUT2D eigenvalue weighted by molar-refractivity contribution is 6.09. The second-order valence-corrected chi connectivity index (χ2v) is 6.40. The number of hydrogen-bond donors (Lipinski definition) is 2. The lowest BCUT2D eigenvalue weighted by Gasteiger charge is -2.39. The molecule has 4 rings (SSSR count). The molecule has 1 saturated carbocycles. The van der Waals surface area contributed by atoms with E-state index in [-0.39, 0.29) is 11.3 Å². The smallest absolute Gasteiger partial charge is 0.279 e. The Morgan fingerprint density at radius 3 is 2.73 bits per heavy atom. The van der Waals surface area contributed by atoms with Crippen molar-refractivity contribution in [2.75, 3.05) is 14.2 Å². The maximum atomic E-state index is 12.5. The van der Waals surface area contributed by atoms with Crippen molar-refractivity contribution < 1.29 is 23.9 Å². The van der Waals surface area contributed by atoms with Crippen molar-refractivity contribution in [3.63, 3.8) is 0 Å². The zero-order valence-electron chi connectivity index (χ0n) is 14.5. The van der Waals surface area contributed by atoms with Crippen molar-refractivity contribution in [1.82, 2.24) is 10.5 Å². The molecule has 2 N–H and O–H groups in total. The molecule has 1 aliphatic heterocycles. The number of rotatable bonds is 4. The van der Waals surface area contributed by atoms with Crippen LogP contribution in [0.4, 0.5) is 0 Å². The van der Waals surface area contributed by atoms with Crippen LogP contribution in [0.5, 0.6) is 5.75 Å². The van der Waals surface area contributed by atoms with Crippen LogP contribution >= 0.6 is 0 Å². The van der Waals surface area contributed by atoms with Crippen LogP contribution in [0.1, 0.15) is 25.0 Å². The molecule has 1 aromatic heterocycles. The van der Waals surface area contributed by atoms with E-state index in [0.717, 1.165) is 41.6 Å². The molecule has 0 atom stereocenters. The number of amides is 1. The van der Waals surface area contributed by atoms with Crippen LogP contribution in [0.15, 0.2) is 35.6 Å². The maximum Gasteiger partial charge on any atom is 0.279 e. The SMILES string of the molecule is CONC(=O)C1=C(c2cc3cc(OC)ccc3[nH]2)C2(CCC2)OC1=C=O. The van der Waals surface area contributed by atoms with Crippen molar-refractivity contribution in [1.29, 1.82) is 0 Å². The van der Waals surface area contributed by atoms with Crippen molar-refractivity contribution in [3.8, 4) is 5.75 Å². The molecule has 134 valence electrons. The fourth-order valence-electron chi connectivity index (χ4n) is 3.67. The van der Waals surface area contributed by atoms with Gasteiger partial charge in [-0.05, 0) is 43.5 Å². The molecule has 2 heterocycles. The number of carbonyl (C=O) groups is 1. The number of aromatic nitrogens is 1. The van der Waals surface area contributed by atoms with Crippen LogP contribution in [0, 0.1) is 0 Å². The van der Waals surface area contributed by atoms with Gasteiger partial charge in [-0.3, -0.25) is 9.63 Å². The Bertz CT molecular complexity index is 977. The fraction of sp³-hybridized carbons (Fsp3) is 0.316. The third-order valence-corrected chi connectivity index (χ3v) is 5.00. The van der Waals surface area contributed by atoms with Crippen LogP contribution in [0.3, 0.4) is 0 Å². The van der Waals surface area contributed by atoms with Crippen LogP contribution < -0.4 is 10.2 Å². The van der Waals surface area contributed by atoms with Crippen molar-refractivity contribution in [3.05, 3.63) is 41.3 Å². The topological polar surface area (TPSA) is 89.7 Å². The average molecular weight is 354 g/mol. The lowest BCUT2D eigenvalue weighted by molar-refractivity contribution is -0.127. The summed E-state index contributed by atoms with van der Waals surface area (Å²) in [5.74, 6) is 1.90. The van der Waals surface area contributed by atoms with E-state index in [1.165, 1.54) is 7.11 Å². The lowest BCUT2D eigenvalue weighted by atomic mass is 9.73. The number of methoxy groups -OCH3 is 1. The molecule has 2 aromatic rings. The number of fused-ring (bicyclic) bond motifs is 1. The summed E-state index contributed by atoms with van der Waals surface area (Å²) in [6.07, 6.45) is 2.43. The Morgan fingerprint density at radius 2 is 2.12 bits per heavy atom. The molecular formula is C19H18N2O5. The monoisotopic (exact) mass is 354 g/mol. The molecule has 1 spiro atoms. The predicted molar refractivity (Wildman–Crippen MR) is 93.8 cm³/mol. The predicted octanol–water partition coefficient (Wildman–Crippen LogP) is 2.28. The van der Waals surface area contributed by atoms with E-state index in [4.69, 9.17) is 14.3 Å². The van der Waals surface area contributed by atoms with Crippen LogP contribution in [0.25, 0.3) is 16.5 Å². The van der Waals surface area contributed by atoms with E-state index < -0.39 is 11.5 Å². The molecule has 7 nitrogen and oxygen atoms in total. The minimum Gasteiger partial charge on any atom is -0.497 e. The fourth-order valence-corrected chi connectivity index (χ4v) is 3.67. The summed E-state index contributed by atoms with van der Waals surface area (Å²) in [6, 6.07) is 7.61. The first-order valence-corrected chi connectivity index (χ1v) is 8.31. The number of ether oxygens (including phenoxy) is 2. The van der Waals surface area contributed by atoms with E-state index in [2.05, 4.69) is 10.5 Å². The van der Waals surface area contributed by atoms with Gasteiger partial charge < -0.3 is 14.5 Å². The Balaban J connectivity index is 1.92. The minimum atomic E-state index is -0.669. The zero-order valence-corrected chi connectivity index (χ0v) is 14.5. The van der Waals surface area contributed by atoms with E-state index in [1.807, 2.05) is 24.3 Å². The number of carbonyl (C=O) groups excluding carboxylic acids is 2. The van der Waals surface area contributed by atoms with Gasteiger partial charge in [-0.2, -0.15) is 0 Å². The third kappa shape index (κ3) is 2.33. The number of benzene rings is 1. The minimum absolute atomic E-state index is 0.0783. The van der Waals surface area contributed by atoms with E-state index in [9.17, 15) is 9.59 Å². The van der Waals surface area contributed by atoms with Crippen molar-refractivity contribution >= 4 is 28.3 Å². The number of aromatic amines is 1. The summed E-state index contributed by atoms with van der Waals surface area (Å²) in [6.45, 7) is 0. The highest BCUT2D eigenvalue weighted by atomic mass is 16.6.